The van der Waals surface area contributed by atoms with E-state index in [1.807, 2.05) is 0 Å². The maximum atomic E-state index is 13.6. The van der Waals surface area contributed by atoms with Crippen molar-refractivity contribution in [1.82, 2.24) is 0 Å². The number of hydrogen-bond donors (Lipinski definition) is 0. The van der Waals surface area contributed by atoms with Crippen molar-refractivity contribution in [3.05, 3.63) is 74.9 Å². The van der Waals surface area contributed by atoms with Gasteiger partial charge in [0.1, 0.15) is 0 Å². The third-order valence-corrected chi connectivity index (χ3v) is 5.81. The summed E-state index contributed by atoms with van der Waals surface area (Å²) in [7, 11) is 2.49. The lowest BCUT2D eigenvalue weighted by molar-refractivity contribution is -0.144. The maximum absolute atomic E-state index is 13.6. The molecular weight excluding hydrogens is 604 g/mol. The van der Waals surface area contributed by atoms with Gasteiger partial charge in [0.25, 0.3) is 5.43 Å². The number of ether oxygens (including phenoxy) is 3. The first-order valence-corrected chi connectivity index (χ1v) is 11.1. The molecule has 0 spiro atoms. The van der Waals surface area contributed by atoms with E-state index in [0.717, 1.165) is 21.3 Å². The summed E-state index contributed by atoms with van der Waals surface area (Å²) in [4.78, 5) is 13.3. The molecule has 0 heterocycles. The van der Waals surface area contributed by atoms with Gasteiger partial charge in [0.05, 0.1) is 43.6 Å². The first-order chi connectivity index (χ1) is 19.1. The second-order valence-corrected chi connectivity index (χ2v) is 8.49. The van der Waals surface area contributed by atoms with E-state index in [2.05, 4.69) is 0 Å². The number of halogens is 12. The zero-order valence-corrected chi connectivity index (χ0v) is 21.2. The van der Waals surface area contributed by atoms with Gasteiger partial charge in [0, 0.05) is 11.1 Å². The summed E-state index contributed by atoms with van der Waals surface area (Å²) in [5.41, 5.74) is -12.2. The molecule has 0 aliphatic heterocycles. The molecule has 0 amide bonds. The predicted molar refractivity (Wildman–Crippen MR) is 123 cm³/mol. The molecule has 4 nitrogen and oxygen atoms in total. The Kier molecular flexibility index (Phi) is 8.44. The minimum absolute atomic E-state index is 0.197. The van der Waals surface area contributed by atoms with Crippen LogP contribution in [0.5, 0.6) is 17.2 Å². The topological polar surface area (TPSA) is 44.8 Å². The van der Waals surface area contributed by atoms with Gasteiger partial charge < -0.3 is 14.2 Å². The van der Waals surface area contributed by atoms with Crippen molar-refractivity contribution in [2.75, 3.05) is 21.3 Å². The van der Waals surface area contributed by atoms with Crippen molar-refractivity contribution < 1.29 is 66.9 Å². The Morgan fingerprint density at radius 3 is 0.976 bits per heavy atom. The van der Waals surface area contributed by atoms with Crippen LogP contribution in [0.2, 0.25) is 0 Å². The van der Waals surface area contributed by atoms with Crippen LogP contribution >= 0.6 is 0 Å². The smallest absolute Gasteiger partial charge is 0.416 e. The average molecular weight is 620 g/mol. The van der Waals surface area contributed by atoms with Crippen LogP contribution in [0.4, 0.5) is 52.7 Å². The second kappa shape index (κ2) is 10.9. The highest BCUT2D eigenvalue weighted by molar-refractivity contribution is 5.83. The van der Waals surface area contributed by atoms with E-state index in [9.17, 15) is 57.5 Å². The van der Waals surface area contributed by atoms with Crippen molar-refractivity contribution >= 4 is 0 Å². The lowest BCUT2D eigenvalue weighted by Crippen LogP contribution is -2.12. The highest BCUT2D eigenvalue weighted by atomic mass is 19.4. The minimum Gasteiger partial charge on any atom is -0.492 e. The summed E-state index contributed by atoms with van der Waals surface area (Å²) >= 11 is 0. The largest absolute Gasteiger partial charge is 0.492 e. The molecule has 0 radical (unpaired) electrons. The Morgan fingerprint density at radius 1 is 0.429 bits per heavy atom. The van der Waals surface area contributed by atoms with Gasteiger partial charge in [-0.25, -0.2) is 0 Å². The molecule has 0 aromatic heterocycles. The fourth-order valence-corrected chi connectivity index (χ4v) is 3.97. The van der Waals surface area contributed by atoms with E-state index in [4.69, 9.17) is 14.2 Å². The van der Waals surface area contributed by atoms with E-state index in [0.29, 0.717) is 6.07 Å². The molecule has 0 saturated heterocycles. The molecule has 3 rings (SSSR count). The molecule has 0 aliphatic rings. The zero-order chi connectivity index (χ0) is 32.0. The summed E-state index contributed by atoms with van der Waals surface area (Å²) in [6, 6.07) is 0.986. The van der Waals surface area contributed by atoms with Crippen LogP contribution < -0.4 is 19.6 Å². The Balaban J connectivity index is 2.64. The molecule has 3 aromatic carbocycles. The second-order valence-electron chi connectivity index (χ2n) is 8.49. The lowest BCUT2D eigenvalue weighted by atomic mass is 9.95. The fraction of sp³-hybridized carbons (Fsp3) is 0.269. The molecule has 0 aliphatic carbocycles. The van der Waals surface area contributed by atoms with Gasteiger partial charge in [-0.3, -0.25) is 4.79 Å². The highest BCUT2D eigenvalue weighted by Crippen LogP contribution is 2.46. The van der Waals surface area contributed by atoms with Crippen LogP contribution in [-0.4, -0.2) is 21.3 Å². The van der Waals surface area contributed by atoms with Gasteiger partial charge in [-0.05, 0) is 53.6 Å². The normalized spacial score (nSPS) is 12.7. The number of rotatable bonds is 5. The van der Waals surface area contributed by atoms with E-state index >= 15 is 0 Å². The molecular formula is C26H16F12O4. The Labute approximate surface area is 228 Å². The molecule has 0 bridgehead atoms. The molecule has 0 atom stereocenters. The number of methoxy groups -OCH3 is 3. The average Bonchev–Trinajstić information content (AvgIpc) is 2.99. The molecule has 16 heteroatoms. The summed E-state index contributed by atoms with van der Waals surface area (Å²) in [6.07, 6.45) is -21.4. The first kappa shape index (κ1) is 32.4. The Bertz CT molecular complexity index is 1490. The van der Waals surface area contributed by atoms with Crippen LogP contribution in [-0.2, 0) is 24.7 Å². The van der Waals surface area contributed by atoms with E-state index in [-0.39, 0.29) is 36.4 Å². The lowest BCUT2D eigenvalue weighted by Gasteiger charge is -2.16. The van der Waals surface area contributed by atoms with Crippen molar-refractivity contribution in [2.24, 2.45) is 0 Å². The number of alkyl halides is 12. The number of hydrogen-bond acceptors (Lipinski definition) is 4. The van der Waals surface area contributed by atoms with Gasteiger partial charge in [-0.2, -0.15) is 52.7 Å². The molecule has 0 unspecified atom stereocenters. The van der Waals surface area contributed by atoms with Crippen molar-refractivity contribution in [3.8, 4) is 39.5 Å². The van der Waals surface area contributed by atoms with Crippen LogP contribution in [0, 0.1) is 0 Å². The zero-order valence-electron chi connectivity index (χ0n) is 21.2. The van der Waals surface area contributed by atoms with Gasteiger partial charge >= 0.3 is 24.7 Å². The molecule has 42 heavy (non-hydrogen) atoms. The molecule has 0 fully saturated rings. The molecule has 0 N–H and O–H groups in total. The third-order valence-electron chi connectivity index (χ3n) is 5.81. The van der Waals surface area contributed by atoms with E-state index in [1.54, 1.807) is 0 Å². The van der Waals surface area contributed by atoms with E-state index in [1.165, 1.54) is 0 Å². The van der Waals surface area contributed by atoms with Crippen molar-refractivity contribution in [1.29, 1.82) is 0 Å². The van der Waals surface area contributed by atoms with Gasteiger partial charge in [0.2, 0.25) is 5.75 Å². The Hall–Kier alpha value is -4.11. The summed E-state index contributed by atoms with van der Waals surface area (Å²) in [5, 5.41) is 0. The monoisotopic (exact) mass is 620 g/mol. The minimum atomic E-state index is -5.35. The van der Waals surface area contributed by atoms with Gasteiger partial charge in [-0.15, -0.1) is 0 Å². The maximum Gasteiger partial charge on any atom is 0.416 e. The van der Waals surface area contributed by atoms with Crippen LogP contribution in [0.15, 0.2) is 47.3 Å². The fourth-order valence-electron chi connectivity index (χ4n) is 3.97. The van der Waals surface area contributed by atoms with Gasteiger partial charge in [0.15, 0.2) is 11.5 Å². The first-order valence-electron chi connectivity index (χ1n) is 11.1. The highest BCUT2D eigenvalue weighted by Gasteiger charge is 2.39. The van der Waals surface area contributed by atoms with Crippen LogP contribution in [0.25, 0.3) is 22.3 Å². The third kappa shape index (κ3) is 6.51. The predicted octanol–water partition coefficient (Wildman–Crippen LogP) is 8.48. The van der Waals surface area contributed by atoms with E-state index < -0.39 is 91.9 Å². The molecule has 0 saturated carbocycles. The van der Waals surface area contributed by atoms with Gasteiger partial charge in [-0.1, -0.05) is 0 Å². The van der Waals surface area contributed by atoms with Crippen LogP contribution in [0.3, 0.4) is 0 Å². The summed E-state index contributed by atoms with van der Waals surface area (Å²) in [5.74, 6) is -2.63. The standard InChI is InChI=1S/C26H16F12O4/c1-40-20-17(11-4-13(23(27,28)29)8-14(5-11)24(30,31)32)10-18(21(41-2)22(42-3)19(20)39)12-6-15(25(33,34)35)9-16(7-12)26(36,37)38/h4-10H,1-3H3. The van der Waals surface area contributed by atoms with Crippen molar-refractivity contribution in [3.63, 3.8) is 0 Å². The molecule has 3 aromatic rings. The summed E-state index contributed by atoms with van der Waals surface area (Å²) in [6.45, 7) is 0. The van der Waals surface area contributed by atoms with Crippen LogP contribution in [0.1, 0.15) is 22.3 Å². The quantitative estimate of drug-likeness (QED) is 0.269. The SMILES string of the molecule is COc1c(-c2cc(C(F)(F)F)cc(C(F)(F)F)c2)cc(-c2cc(C(F)(F)F)cc(C(F)(F)F)c2)c(OC)c(=O)c1OC. The Morgan fingerprint density at radius 2 is 0.714 bits per heavy atom. The summed E-state index contributed by atoms with van der Waals surface area (Å²) < 4.78 is 178. The number of benzene rings is 2. The molecule has 228 valence electrons. The van der Waals surface area contributed by atoms with Crippen molar-refractivity contribution in [2.45, 2.75) is 24.7 Å².